The standard InChI is InChI=1S/C21H23N5O3S/c1-15(30-19-10-8-18(9-11-19)26(28)29)21(27)23-20-12-13-22-25(20)14-16-4-6-17(7-5-16)24(2)3/h4-13,15H,14H2,1-3H3,(H,23,27). The fourth-order valence-corrected chi connectivity index (χ4v) is 3.64. The molecule has 1 aromatic heterocycles. The number of nitro groups is 1. The lowest BCUT2D eigenvalue weighted by atomic mass is 10.2. The van der Waals surface area contributed by atoms with Gasteiger partial charge in [0.2, 0.25) is 5.91 Å². The zero-order chi connectivity index (χ0) is 21.7. The minimum Gasteiger partial charge on any atom is -0.378 e. The molecular weight excluding hydrogens is 402 g/mol. The van der Waals surface area contributed by atoms with Crippen molar-refractivity contribution in [3.05, 3.63) is 76.5 Å². The topological polar surface area (TPSA) is 93.3 Å². The summed E-state index contributed by atoms with van der Waals surface area (Å²) in [5.41, 5.74) is 2.22. The molecule has 0 radical (unpaired) electrons. The zero-order valence-corrected chi connectivity index (χ0v) is 17.8. The molecule has 156 valence electrons. The first-order chi connectivity index (χ1) is 14.3. The Bertz CT molecular complexity index is 1020. The summed E-state index contributed by atoms with van der Waals surface area (Å²) in [5, 5.41) is 17.6. The van der Waals surface area contributed by atoms with Gasteiger partial charge in [-0.15, -0.1) is 11.8 Å². The highest BCUT2D eigenvalue weighted by molar-refractivity contribution is 8.00. The molecule has 3 rings (SSSR count). The molecule has 9 heteroatoms. The van der Waals surface area contributed by atoms with Gasteiger partial charge in [0, 0.05) is 42.9 Å². The van der Waals surface area contributed by atoms with Gasteiger partial charge in [0.15, 0.2) is 0 Å². The highest BCUT2D eigenvalue weighted by Crippen LogP contribution is 2.26. The first kappa shape index (κ1) is 21.4. The Kier molecular flexibility index (Phi) is 6.73. The molecule has 0 aliphatic rings. The van der Waals surface area contributed by atoms with E-state index in [4.69, 9.17) is 0 Å². The minimum atomic E-state index is -0.445. The van der Waals surface area contributed by atoms with E-state index in [1.165, 1.54) is 23.9 Å². The van der Waals surface area contributed by atoms with Crippen molar-refractivity contribution in [2.24, 2.45) is 0 Å². The molecule has 1 atom stereocenters. The van der Waals surface area contributed by atoms with Crippen LogP contribution in [0.2, 0.25) is 0 Å². The third kappa shape index (κ3) is 5.38. The number of nitrogens with one attached hydrogen (secondary N) is 1. The van der Waals surface area contributed by atoms with Crippen LogP contribution in [0.15, 0.2) is 65.7 Å². The van der Waals surface area contributed by atoms with Crippen molar-refractivity contribution in [3.63, 3.8) is 0 Å². The Labute approximate surface area is 179 Å². The molecule has 0 saturated heterocycles. The number of nitrogens with zero attached hydrogens (tertiary/aromatic N) is 4. The molecule has 0 saturated carbocycles. The summed E-state index contributed by atoms with van der Waals surface area (Å²) in [5.74, 6) is 0.455. The van der Waals surface area contributed by atoms with Crippen LogP contribution < -0.4 is 10.2 Å². The zero-order valence-electron chi connectivity index (χ0n) is 17.0. The molecule has 1 amide bonds. The van der Waals surface area contributed by atoms with Crippen LogP contribution in [-0.2, 0) is 11.3 Å². The number of anilines is 2. The number of thioether (sulfide) groups is 1. The molecule has 8 nitrogen and oxygen atoms in total. The maximum atomic E-state index is 12.6. The normalized spacial score (nSPS) is 11.7. The van der Waals surface area contributed by atoms with Gasteiger partial charge >= 0.3 is 0 Å². The van der Waals surface area contributed by atoms with E-state index in [1.54, 1.807) is 36.0 Å². The van der Waals surface area contributed by atoms with Gasteiger partial charge in [-0.3, -0.25) is 14.9 Å². The molecule has 0 spiro atoms. The molecule has 1 heterocycles. The molecule has 1 N–H and O–H groups in total. The second-order valence-electron chi connectivity index (χ2n) is 6.94. The minimum absolute atomic E-state index is 0.0268. The van der Waals surface area contributed by atoms with Crippen LogP contribution in [0.25, 0.3) is 0 Å². The first-order valence-electron chi connectivity index (χ1n) is 9.33. The van der Waals surface area contributed by atoms with Crippen molar-refractivity contribution in [3.8, 4) is 0 Å². The molecule has 0 fully saturated rings. The molecule has 2 aromatic carbocycles. The number of carbonyl (C=O) groups excluding carboxylic acids is 1. The van der Waals surface area contributed by atoms with Crippen molar-refractivity contribution < 1.29 is 9.72 Å². The monoisotopic (exact) mass is 425 g/mol. The van der Waals surface area contributed by atoms with E-state index in [0.29, 0.717) is 12.4 Å². The van der Waals surface area contributed by atoms with Crippen LogP contribution in [0.1, 0.15) is 12.5 Å². The van der Waals surface area contributed by atoms with Crippen molar-refractivity contribution in [2.45, 2.75) is 23.6 Å². The van der Waals surface area contributed by atoms with Crippen molar-refractivity contribution >= 4 is 34.9 Å². The van der Waals surface area contributed by atoms with Crippen LogP contribution in [-0.4, -0.2) is 40.0 Å². The number of benzene rings is 2. The number of nitro benzene ring substituents is 1. The predicted molar refractivity (Wildman–Crippen MR) is 119 cm³/mol. The number of carbonyl (C=O) groups is 1. The lowest BCUT2D eigenvalue weighted by Crippen LogP contribution is -2.24. The molecule has 0 aliphatic heterocycles. The Morgan fingerprint density at radius 1 is 1.17 bits per heavy atom. The van der Waals surface area contributed by atoms with E-state index < -0.39 is 4.92 Å². The summed E-state index contributed by atoms with van der Waals surface area (Å²) in [6, 6.07) is 16.1. The average molecular weight is 426 g/mol. The fraction of sp³-hybridized carbons (Fsp3) is 0.238. The summed E-state index contributed by atoms with van der Waals surface area (Å²) < 4.78 is 1.74. The number of hydrogen-bond acceptors (Lipinski definition) is 6. The van der Waals surface area contributed by atoms with Crippen LogP contribution in [0, 0.1) is 10.1 Å². The van der Waals surface area contributed by atoms with Gasteiger partial charge in [-0.2, -0.15) is 5.10 Å². The maximum absolute atomic E-state index is 12.6. The summed E-state index contributed by atoms with van der Waals surface area (Å²) in [4.78, 5) is 25.8. The maximum Gasteiger partial charge on any atom is 0.269 e. The third-order valence-corrected chi connectivity index (χ3v) is 5.59. The van der Waals surface area contributed by atoms with E-state index in [9.17, 15) is 14.9 Å². The Balaban J connectivity index is 1.61. The van der Waals surface area contributed by atoms with Gasteiger partial charge in [-0.1, -0.05) is 12.1 Å². The summed E-state index contributed by atoms with van der Waals surface area (Å²) in [6.07, 6.45) is 1.65. The largest absolute Gasteiger partial charge is 0.378 e. The van der Waals surface area contributed by atoms with E-state index in [2.05, 4.69) is 10.4 Å². The van der Waals surface area contributed by atoms with Gasteiger partial charge in [0.25, 0.3) is 5.69 Å². The van der Waals surface area contributed by atoms with Gasteiger partial charge in [-0.05, 0) is 36.8 Å². The highest BCUT2D eigenvalue weighted by Gasteiger charge is 2.17. The van der Waals surface area contributed by atoms with Crippen LogP contribution >= 0.6 is 11.8 Å². The van der Waals surface area contributed by atoms with Crippen LogP contribution in [0.4, 0.5) is 17.2 Å². The average Bonchev–Trinajstić information content (AvgIpc) is 3.15. The predicted octanol–water partition coefficient (Wildman–Crippen LogP) is 4.02. The van der Waals surface area contributed by atoms with Gasteiger partial charge < -0.3 is 10.2 Å². The number of non-ortho nitro benzene ring substituents is 1. The van der Waals surface area contributed by atoms with E-state index in [0.717, 1.165) is 16.1 Å². The molecule has 0 bridgehead atoms. The van der Waals surface area contributed by atoms with E-state index in [1.807, 2.05) is 43.3 Å². The highest BCUT2D eigenvalue weighted by atomic mass is 32.2. The van der Waals surface area contributed by atoms with E-state index in [-0.39, 0.29) is 16.8 Å². The molecule has 0 aliphatic carbocycles. The summed E-state index contributed by atoms with van der Waals surface area (Å²) >= 11 is 1.34. The number of rotatable bonds is 8. The molecular formula is C21H23N5O3S. The van der Waals surface area contributed by atoms with Gasteiger partial charge in [0.1, 0.15) is 5.82 Å². The SMILES string of the molecule is CC(Sc1ccc([N+](=O)[O-])cc1)C(=O)Nc1ccnn1Cc1ccc(N(C)C)cc1. The van der Waals surface area contributed by atoms with Crippen molar-refractivity contribution in [2.75, 3.05) is 24.3 Å². The second-order valence-corrected chi connectivity index (χ2v) is 8.35. The van der Waals surface area contributed by atoms with Gasteiger partial charge in [-0.25, -0.2) is 4.68 Å². The van der Waals surface area contributed by atoms with Crippen LogP contribution in [0.3, 0.4) is 0 Å². The van der Waals surface area contributed by atoms with E-state index >= 15 is 0 Å². The quantitative estimate of drug-likeness (QED) is 0.333. The number of amides is 1. The lowest BCUT2D eigenvalue weighted by Gasteiger charge is -2.15. The third-order valence-electron chi connectivity index (χ3n) is 4.48. The number of hydrogen-bond donors (Lipinski definition) is 1. The van der Waals surface area contributed by atoms with Crippen molar-refractivity contribution in [1.29, 1.82) is 0 Å². The Hall–Kier alpha value is -3.33. The van der Waals surface area contributed by atoms with Crippen molar-refractivity contribution in [1.82, 2.24) is 9.78 Å². The van der Waals surface area contributed by atoms with Crippen LogP contribution in [0.5, 0.6) is 0 Å². The summed E-state index contributed by atoms with van der Waals surface area (Å²) in [6.45, 7) is 2.34. The fourth-order valence-electron chi connectivity index (χ4n) is 2.77. The first-order valence-corrected chi connectivity index (χ1v) is 10.2. The molecule has 30 heavy (non-hydrogen) atoms. The number of aromatic nitrogens is 2. The Morgan fingerprint density at radius 2 is 1.83 bits per heavy atom. The Morgan fingerprint density at radius 3 is 2.43 bits per heavy atom. The van der Waals surface area contributed by atoms with Gasteiger partial charge in [0.05, 0.1) is 22.9 Å². The smallest absolute Gasteiger partial charge is 0.269 e. The molecule has 3 aromatic rings. The second kappa shape index (κ2) is 9.45. The summed E-state index contributed by atoms with van der Waals surface area (Å²) in [7, 11) is 3.98. The lowest BCUT2D eigenvalue weighted by molar-refractivity contribution is -0.384. The molecule has 1 unspecified atom stereocenters.